The number of nitrogens with zero attached hydrogens (tertiary/aromatic N) is 2. The van der Waals surface area contributed by atoms with E-state index in [4.69, 9.17) is 0 Å². The molecule has 22 heavy (non-hydrogen) atoms. The molecule has 0 N–H and O–H groups in total. The Balaban J connectivity index is 2.57. The van der Waals surface area contributed by atoms with Gasteiger partial charge in [-0.2, -0.15) is 0 Å². The van der Waals surface area contributed by atoms with Gasteiger partial charge in [-0.05, 0) is 32.2 Å². The molecule has 1 saturated heterocycles. The van der Waals surface area contributed by atoms with Gasteiger partial charge >= 0.3 is 0 Å². The molecule has 0 aromatic heterocycles. The van der Waals surface area contributed by atoms with Crippen LogP contribution < -0.4 is 4.90 Å². The molecule has 0 aliphatic carbocycles. The molecule has 8 heteroatoms. The summed E-state index contributed by atoms with van der Waals surface area (Å²) in [6, 6.07) is 4.51. The van der Waals surface area contributed by atoms with E-state index in [2.05, 4.69) is 4.90 Å². The highest BCUT2D eigenvalue weighted by atomic mass is 32.2. The highest BCUT2D eigenvalue weighted by molar-refractivity contribution is 7.91. The molecule has 1 aromatic carbocycles. The summed E-state index contributed by atoms with van der Waals surface area (Å²) in [5.74, 6) is 0. The number of likely N-dealkylation sites (N-methyl/N-ethyl adjacent to an activating group) is 1. The van der Waals surface area contributed by atoms with Gasteiger partial charge in [0, 0.05) is 38.2 Å². The van der Waals surface area contributed by atoms with Crippen LogP contribution in [0.1, 0.15) is 6.92 Å². The van der Waals surface area contributed by atoms with Crippen LogP contribution in [0.15, 0.2) is 28.0 Å². The van der Waals surface area contributed by atoms with E-state index in [9.17, 15) is 16.8 Å². The summed E-state index contributed by atoms with van der Waals surface area (Å²) in [6.45, 7) is 4.41. The van der Waals surface area contributed by atoms with Crippen molar-refractivity contribution in [2.45, 2.75) is 22.8 Å². The van der Waals surface area contributed by atoms with E-state index in [0.29, 0.717) is 12.2 Å². The zero-order chi connectivity index (χ0) is 16.7. The van der Waals surface area contributed by atoms with Crippen molar-refractivity contribution in [2.24, 2.45) is 0 Å². The Morgan fingerprint density at radius 1 is 1.05 bits per heavy atom. The summed E-state index contributed by atoms with van der Waals surface area (Å²) >= 11 is 0. The molecule has 6 nitrogen and oxygen atoms in total. The summed E-state index contributed by atoms with van der Waals surface area (Å²) < 4.78 is 47.6. The summed E-state index contributed by atoms with van der Waals surface area (Å²) in [6.07, 6.45) is 2.19. The minimum absolute atomic E-state index is 0.0263. The topological polar surface area (TPSA) is 74.8 Å². The molecular weight excluding hydrogens is 324 g/mol. The second kappa shape index (κ2) is 5.82. The van der Waals surface area contributed by atoms with Crippen LogP contribution in [0.4, 0.5) is 5.69 Å². The summed E-state index contributed by atoms with van der Waals surface area (Å²) in [4.78, 5) is 4.32. The van der Waals surface area contributed by atoms with E-state index in [1.54, 1.807) is 6.07 Å². The van der Waals surface area contributed by atoms with Crippen molar-refractivity contribution < 1.29 is 16.8 Å². The molecule has 0 saturated carbocycles. The van der Waals surface area contributed by atoms with Gasteiger partial charge in [0.15, 0.2) is 19.7 Å². The largest absolute Gasteiger partial charge is 0.365 e. The highest BCUT2D eigenvalue weighted by Gasteiger charge is 2.27. The fraction of sp³-hybridized carbons (Fsp3) is 0.571. The van der Waals surface area contributed by atoms with Gasteiger partial charge in [-0.3, -0.25) is 0 Å². The van der Waals surface area contributed by atoms with Crippen molar-refractivity contribution in [3.63, 3.8) is 0 Å². The molecular formula is C14H22N2O4S2. The molecule has 0 radical (unpaired) electrons. The van der Waals surface area contributed by atoms with Crippen LogP contribution in [0.5, 0.6) is 0 Å². The standard InChI is InChI=1S/C14H22N2O4S2/c1-11-10-15(2)7-8-16(11)13-6-5-12(21(3,17)18)9-14(13)22(4,19)20/h5-6,9,11H,7-8,10H2,1-4H3. The van der Waals surface area contributed by atoms with E-state index in [1.165, 1.54) is 12.1 Å². The van der Waals surface area contributed by atoms with Gasteiger partial charge in [0.05, 0.1) is 15.5 Å². The Morgan fingerprint density at radius 3 is 2.18 bits per heavy atom. The molecule has 1 atom stereocenters. The second-order valence-corrected chi connectivity index (χ2v) is 9.98. The average Bonchev–Trinajstić information content (AvgIpc) is 2.36. The van der Waals surface area contributed by atoms with Crippen molar-refractivity contribution in [1.29, 1.82) is 0 Å². The number of hydrogen-bond acceptors (Lipinski definition) is 6. The number of hydrogen-bond donors (Lipinski definition) is 0. The molecule has 1 unspecified atom stereocenters. The van der Waals surface area contributed by atoms with E-state index >= 15 is 0 Å². The monoisotopic (exact) mass is 346 g/mol. The minimum Gasteiger partial charge on any atom is -0.365 e. The van der Waals surface area contributed by atoms with Gasteiger partial charge in [-0.1, -0.05) is 0 Å². The van der Waals surface area contributed by atoms with Crippen molar-refractivity contribution in [3.8, 4) is 0 Å². The first-order valence-electron chi connectivity index (χ1n) is 6.99. The first kappa shape index (κ1) is 17.2. The van der Waals surface area contributed by atoms with Crippen molar-refractivity contribution in [3.05, 3.63) is 18.2 Å². The van der Waals surface area contributed by atoms with Crippen molar-refractivity contribution in [1.82, 2.24) is 4.90 Å². The van der Waals surface area contributed by atoms with E-state index in [0.717, 1.165) is 25.6 Å². The molecule has 0 spiro atoms. The lowest BCUT2D eigenvalue weighted by Gasteiger charge is -2.40. The Morgan fingerprint density at radius 2 is 1.68 bits per heavy atom. The predicted octanol–water partition coefficient (Wildman–Crippen LogP) is 0.634. The smallest absolute Gasteiger partial charge is 0.177 e. The third kappa shape index (κ3) is 3.61. The maximum absolute atomic E-state index is 12.1. The number of rotatable bonds is 3. The molecule has 1 aliphatic heterocycles. The van der Waals surface area contributed by atoms with Crippen LogP contribution >= 0.6 is 0 Å². The van der Waals surface area contributed by atoms with Gasteiger partial charge in [0.2, 0.25) is 0 Å². The average molecular weight is 346 g/mol. The maximum Gasteiger partial charge on any atom is 0.177 e. The first-order chi connectivity index (χ1) is 10.00. The van der Waals surface area contributed by atoms with Crippen molar-refractivity contribution >= 4 is 25.4 Å². The Labute approximate surface area is 132 Å². The molecule has 2 rings (SSSR count). The van der Waals surface area contributed by atoms with E-state index < -0.39 is 19.7 Å². The van der Waals surface area contributed by atoms with Gasteiger partial charge in [-0.15, -0.1) is 0 Å². The quantitative estimate of drug-likeness (QED) is 0.799. The fourth-order valence-corrected chi connectivity index (χ4v) is 4.38. The summed E-state index contributed by atoms with van der Waals surface area (Å²) in [5.41, 5.74) is 0.579. The zero-order valence-electron chi connectivity index (χ0n) is 13.3. The molecule has 1 heterocycles. The third-order valence-corrected chi connectivity index (χ3v) is 6.14. The summed E-state index contributed by atoms with van der Waals surface area (Å²) in [7, 11) is -4.94. The number of piperazine rings is 1. The van der Waals surface area contributed by atoms with E-state index in [1.807, 2.05) is 18.9 Å². The van der Waals surface area contributed by atoms with E-state index in [-0.39, 0.29) is 15.8 Å². The van der Waals surface area contributed by atoms with Crippen LogP contribution in [-0.4, -0.2) is 67.0 Å². The van der Waals surface area contributed by atoms with Crippen molar-refractivity contribution in [2.75, 3.05) is 44.1 Å². The lowest BCUT2D eigenvalue weighted by Crippen LogP contribution is -2.50. The highest BCUT2D eigenvalue weighted by Crippen LogP contribution is 2.30. The molecule has 1 aromatic rings. The van der Waals surface area contributed by atoms with Crippen LogP contribution in [0.3, 0.4) is 0 Å². The van der Waals surface area contributed by atoms with Crippen LogP contribution in [-0.2, 0) is 19.7 Å². The number of sulfone groups is 2. The van der Waals surface area contributed by atoms with Crippen LogP contribution in [0.25, 0.3) is 0 Å². The van der Waals surface area contributed by atoms with Crippen LogP contribution in [0, 0.1) is 0 Å². The molecule has 0 amide bonds. The van der Waals surface area contributed by atoms with Gasteiger partial charge in [-0.25, -0.2) is 16.8 Å². The van der Waals surface area contributed by atoms with Gasteiger partial charge in [0.1, 0.15) is 0 Å². The Bertz CT molecular complexity index is 772. The molecule has 1 aliphatic rings. The lowest BCUT2D eigenvalue weighted by molar-refractivity contribution is 0.275. The first-order valence-corrected chi connectivity index (χ1v) is 10.8. The second-order valence-electron chi connectivity index (χ2n) is 5.98. The van der Waals surface area contributed by atoms with Gasteiger partial charge in [0.25, 0.3) is 0 Å². The number of anilines is 1. The maximum atomic E-state index is 12.1. The summed E-state index contributed by atoms with van der Waals surface area (Å²) in [5, 5.41) is 0. The molecule has 1 fully saturated rings. The normalized spacial score (nSPS) is 21.1. The third-order valence-electron chi connectivity index (χ3n) is 3.90. The predicted molar refractivity (Wildman–Crippen MR) is 87.0 cm³/mol. The zero-order valence-corrected chi connectivity index (χ0v) is 14.9. The Kier molecular flexibility index (Phi) is 4.56. The molecule has 0 bridgehead atoms. The van der Waals surface area contributed by atoms with Crippen LogP contribution in [0.2, 0.25) is 0 Å². The molecule has 124 valence electrons. The fourth-order valence-electron chi connectivity index (χ4n) is 2.76. The SMILES string of the molecule is CC1CN(C)CCN1c1ccc(S(C)(=O)=O)cc1S(C)(=O)=O. The Hall–Kier alpha value is -1.12. The minimum atomic E-state index is -3.52. The lowest BCUT2D eigenvalue weighted by atomic mass is 10.1. The number of benzene rings is 1. The van der Waals surface area contributed by atoms with Gasteiger partial charge < -0.3 is 9.80 Å².